The minimum absolute atomic E-state index is 0.0638. The van der Waals surface area contributed by atoms with E-state index in [0.717, 1.165) is 6.07 Å². The van der Waals surface area contributed by atoms with E-state index in [-0.39, 0.29) is 5.69 Å². The van der Waals surface area contributed by atoms with Gasteiger partial charge in [0.25, 0.3) is 0 Å². The number of hydrogen-bond donors (Lipinski definition) is 2. The molecule has 1 heterocycles. The van der Waals surface area contributed by atoms with Crippen molar-refractivity contribution in [3.05, 3.63) is 42.1 Å². The molecule has 1 atom stereocenters. The van der Waals surface area contributed by atoms with E-state index in [9.17, 15) is 13.6 Å². The number of aromatic nitrogens is 2. The average Bonchev–Trinajstić information content (AvgIpc) is 2.78. The van der Waals surface area contributed by atoms with Crippen LogP contribution in [0.3, 0.4) is 0 Å². The summed E-state index contributed by atoms with van der Waals surface area (Å²) >= 11 is 0. The average molecular weight is 280 g/mol. The predicted octanol–water partition coefficient (Wildman–Crippen LogP) is 2.14. The van der Waals surface area contributed by atoms with Gasteiger partial charge in [0.05, 0.1) is 5.69 Å². The number of halogens is 2. The van der Waals surface area contributed by atoms with Gasteiger partial charge in [-0.1, -0.05) is 0 Å². The molecule has 0 aliphatic carbocycles. The van der Waals surface area contributed by atoms with E-state index in [0.29, 0.717) is 11.9 Å². The highest BCUT2D eigenvalue weighted by molar-refractivity contribution is 5.96. The Hall–Kier alpha value is -2.44. The summed E-state index contributed by atoms with van der Waals surface area (Å²) in [5.74, 6) is -1.42. The number of rotatable bonds is 4. The van der Waals surface area contributed by atoms with Gasteiger partial charge in [-0.3, -0.25) is 9.48 Å². The Balaban J connectivity index is 2.00. The van der Waals surface area contributed by atoms with E-state index in [2.05, 4.69) is 15.7 Å². The van der Waals surface area contributed by atoms with Gasteiger partial charge in [0.15, 0.2) is 0 Å². The number of carbonyl (C=O) groups is 1. The molecule has 0 spiro atoms. The molecule has 7 heteroatoms. The van der Waals surface area contributed by atoms with Crippen molar-refractivity contribution >= 4 is 17.4 Å². The summed E-state index contributed by atoms with van der Waals surface area (Å²) in [6, 6.07) is 4.06. The molecule has 0 radical (unpaired) electrons. The summed E-state index contributed by atoms with van der Waals surface area (Å²) < 4.78 is 27.8. The zero-order valence-corrected chi connectivity index (χ0v) is 11.0. The Labute approximate surface area is 114 Å². The monoisotopic (exact) mass is 280 g/mol. The van der Waals surface area contributed by atoms with E-state index in [4.69, 9.17) is 0 Å². The summed E-state index contributed by atoms with van der Waals surface area (Å²) in [5.41, 5.74) is -0.0638. The molecule has 20 heavy (non-hydrogen) atoms. The van der Waals surface area contributed by atoms with Crippen molar-refractivity contribution in [2.75, 3.05) is 10.6 Å². The zero-order chi connectivity index (χ0) is 14.7. The molecule has 1 unspecified atom stereocenters. The highest BCUT2D eigenvalue weighted by Gasteiger charge is 2.15. The van der Waals surface area contributed by atoms with E-state index >= 15 is 0 Å². The van der Waals surface area contributed by atoms with Crippen molar-refractivity contribution in [3.8, 4) is 0 Å². The molecular formula is C13H14F2N4O. The fourth-order valence-corrected chi connectivity index (χ4v) is 1.61. The van der Waals surface area contributed by atoms with Crippen molar-refractivity contribution in [3.63, 3.8) is 0 Å². The minimum Gasteiger partial charge on any atom is -0.357 e. The summed E-state index contributed by atoms with van der Waals surface area (Å²) in [6.45, 7) is 1.62. The lowest BCUT2D eigenvalue weighted by molar-refractivity contribution is -0.116. The Morgan fingerprint density at radius 2 is 2.10 bits per heavy atom. The van der Waals surface area contributed by atoms with Gasteiger partial charge in [0, 0.05) is 25.4 Å². The maximum absolute atomic E-state index is 13.4. The second-order valence-electron chi connectivity index (χ2n) is 4.35. The van der Waals surface area contributed by atoms with Crippen molar-refractivity contribution in [1.82, 2.24) is 9.78 Å². The van der Waals surface area contributed by atoms with Gasteiger partial charge >= 0.3 is 0 Å². The van der Waals surface area contributed by atoms with E-state index in [1.807, 2.05) is 0 Å². The first-order chi connectivity index (χ1) is 9.45. The number of anilines is 2. The van der Waals surface area contributed by atoms with Crippen LogP contribution in [0.5, 0.6) is 0 Å². The van der Waals surface area contributed by atoms with Gasteiger partial charge in [0.2, 0.25) is 5.91 Å². The van der Waals surface area contributed by atoms with Crippen LogP contribution in [0.25, 0.3) is 0 Å². The van der Waals surface area contributed by atoms with Crippen LogP contribution < -0.4 is 10.6 Å². The van der Waals surface area contributed by atoms with Gasteiger partial charge < -0.3 is 10.6 Å². The fraction of sp³-hybridized carbons (Fsp3) is 0.231. The number of carbonyl (C=O) groups excluding carboxylic acids is 1. The van der Waals surface area contributed by atoms with Crippen LogP contribution in [-0.4, -0.2) is 21.7 Å². The molecule has 0 bridgehead atoms. The fourth-order valence-electron chi connectivity index (χ4n) is 1.61. The molecule has 0 fully saturated rings. The van der Waals surface area contributed by atoms with Crippen LogP contribution in [0.4, 0.5) is 20.3 Å². The highest BCUT2D eigenvalue weighted by atomic mass is 19.1. The third-order valence-corrected chi connectivity index (χ3v) is 2.66. The summed E-state index contributed by atoms with van der Waals surface area (Å²) in [7, 11) is 1.75. The van der Waals surface area contributed by atoms with Crippen LogP contribution >= 0.6 is 0 Å². The third-order valence-electron chi connectivity index (χ3n) is 2.66. The van der Waals surface area contributed by atoms with Crippen molar-refractivity contribution in [2.24, 2.45) is 7.05 Å². The first kappa shape index (κ1) is 14.0. The van der Waals surface area contributed by atoms with Crippen LogP contribution in [-0.2, 0) is 11.8 Å². The van der Waals surface area contributed by atoms with Gasteiger partial charge in [-0.25, -0.2) is 8.78 Å². The number of benzene rings is 1. The Bertz CT molecular complexity index is 627. The first-order valence-corrected chi connectivity index (χ1v) is 5.98. The van der Waals surface area contributed by atoms with Crippen LogP contribution in [0.2, 0.25) is 0 Å². The van der Waals surface area contributed by atoms with Gasteiger partial charge in [-0.2, -0.15) is 5.10 Å². The lowest BCUT2D eigenvalue weighted by atomic mass is 10.2. The molecule has 2 N–H and O–H groups in total. The topological polar surface area (TPSA) is 59.0 Å². The number of amides is 1. The van der Waals surface area contributed by atoms with Crippen molar-refractivity contribution in [1.29, 1.82) is 0 Å². The highest BCUT2D eigenvalue weighted by Crippen LogP contribution is 2.15. The van der Waals surface area contributed by atoms with Crippen LogP contribution in [0.1, 0.15) is 6.92 Å². The first-order valence-electron chi connectivity index (χ1n) is 5.98. The molecule has 5 nitrogen and oxygen atoms in total. The lowest BCUT2D eigenvalue weighted by Crippen LogP contribution is -2.32. The van der Waals surface area contributed by atoms with Gasteiger partial charge in [-0.05, 0) is 19.1 Å². The Morgan fingerprint density at radius 3 is 2.70 bits per heavy atom. The summed E-state index contributed by atoms with van der Waals surface area (Å²) in [6.07, 6.45) is 1.73. The molecule has 1 aromatic carbocycles. The third kappa shape index (κ3) is 3.31. The van der Waals surface area contributed by atoms with Gasteiger partial charge in [-0.15, -0.1) is 0 Å². The number of nitrogens with zero attached hydrogens (tertiary/aromatic N) is 2. The SMILES string of the molecule is CC(Nc1ccn(C)n1)C(=O)Nc1ccc(F)cc1F. The summed E-state index contributed by atoms with van der Waals surface area (Å²) in [4.78, 5) is 11.9. The minimum atomic E-state index is -0.816. The second kappa shape index (κ2) is 5.68. The van der Waals surface area contributed by atoms with Crippen LogP contribution in [0, 0.1) is 11.6 Å². The smallest absolute Gasteiger partial charge is 0.246 e. The molecule has 0 aliphatic heterocycles. The van der Waals surface area contributed by atoms with E-state index in [1.165, 1.54) is 6.07 Å². The van der Waals surface area contributed by atoms with Crippen molar-refractivity contribution in [2.45, 2.75) is 13.0 Å². The number of nitrogens with one attached hydrogen (secondary N) is 2. The molecule has 0 saturated heterocycles. The number of aryl methyl sites for hydroxylation is 1. The largest absolute Gasteiger partial charge is 0.357 e. The van der Waals surface area contributed by atoms with Crippen molar-refractivity contribution < 1.29 is 13.6 Å². The molecule has 2 aromatic rings. The molecule has 0 aliphatic rings. The maximum atomic E-state index is 13.4. The quantitative estimate of drug-likeness (QED) is 0.902. The normalized spacial score (nSPS) is 12.0. The standard InChI is InChI=1S/C13H14F2N4O/c1-8(16-12-5-6-19(2)18-12)13(20)17-11-4-3-9(14)7-10(11)15/h3-8H,1-2H3,(H,16,18)(H,17,20). The molecule has 2 rings (SSSR count). The summed E-state index contributed by atoms with van der Waals surface area (Å²) in [5, 5.41) is 9.33. The molecule has 1 amide bonds. The predicted molar refractivity (Wildman–Crippen MR) is 71.3 cm³/mol. The lowest BCUT2D eigenvalue weighted by Gasteiger charge is -2.13. The Kier molecular flexibility index (Phi) is 3.97. The Morgan fingerprint density at radius 1 is 1.35 bits per heavy atom. The van der Waals surface area contributed by atoms with Gasteiger partial charge in [0.1, 0.15) is 23.5 Å². The van der Waals surface area contributed by atoms with Crippen LogP contribution in [0.15, 0.2) is 30.5 Å². The second-order valence-corrected chi connectivity index (χ2v) is 4.35. The molecule has 106 valence electrons. The molecule has 1 aromatic heterocycles. The molecule has 0 saturated carbocycles. The maximum Gasteiger partial charge on any atom is 0.246 e. The number of hydrogen-bond acceptors (Lipinski definition) is 3. The van der Waals surface area contributed by atoms with E-state index in [1.54, 1.807) is 30.9 Å². The van der Waals surface area contributed by atoms with E-state index < -0.39 is 23.6 Å². The molecular weight excluding hydrogens is 266 g/mol. The zero-order valence-electron chi connectivity index (χ0n) is 11.0.